The molecule has 1 aromatic heterocycles. The van der Waals surface area contributed by atoms with Crippen molar-refractivity contribution in [3.05, 3.63) is 48.2 Å². The summed E-state index contributed by atoms with van der Waals surface area (Å²) in [5.74, 6) is -1.42. The molecule has 2 aliphatic rings. The van der Waals surface area contributed by atoms with E-state index in [1.165, 1.54) is 11.0 Å². The molecule has 1 aromatic carbocycles. The van der Waals surface area contributed by atoms with E-state index in [0.717, 1.165) is 10.9 Å². The van der Waals surface area contributed by atoms with E-state index in [0.29, 0.717) is 11.3 Å². The lowest BCUT2D eigenvalue weighted by molar-refractivity contribution is -0.184. The van der Waals surface area contributed by atoms with Gasteiger partial charge in [0.25, 0.3) is 0 Å². The Morgan fingerprint density at radius 1 is 1.17 bits per heavy atom. The van der Waals surface area contributed by atoms with Gasteiger partial charge in [0.2, 0.25) is 0 Å². The number of aromatic nitrogens is 1. The normalized spacial score (nSPS) is 28.4. The maximum Gasteiger partial charge on any atom is 0.410 e. The summed E-state index contributed by atoms with van der Waals surface area (Å²) < 4.78 is 11.5. The molecule has 0 spiro atoms. The number of para-hydroxylation sites is 1. The minimum atomic E-state index is -1.73. The van der Waals surface area contributed by atoms with Crippen LogP contribution in [0.3, 0.4) is 0 Å². The lowest BCUT2D eigenvalue weighted by Crippen LogP contribution is -2.68. The summed E-state index contributed by atoms with van der Waals surface area (Å²) in [5, 5.41) is 23.8. The van der Waals surface area contributed by atoms with Gasteiger partial charge in [-0.3, -0.25) is 9.69 Å². The minimum Gasteiger partial charge on any atom is -0.459 e. The summed E-state index contributed by atoms with van der Waals surface area (Å²) in [6.07, 6.45) is 1.05. The number of aromatic amines is 1. The van der Waals surface area contributed by atoms with Crippen molar-refractivity contribution in [2.24, 2.45) is 5.92 Å². The smallest absolute Gasteiger partial charge is 0.410 e. The predicted octanol–water partition coefficient (Wildman–Crippen LogP) is 3.97. The number of benzene rings is 1. The van der Waals surface area contributed by atoms with Gasteiger partial charge in [0.15, 0.2) is 0 Å². The molecule has 4 atom stereocenters. The van der Waals surface area contributed by atoms with Gasteiger partial charge in [0, 0.05) is 34.6 Å². The zero-order chi connectivity index (χ0) is 26.0. The van der Waals surface area contributed by atoms with Gasteiger partial charge < -0.3 is 24.7 Å². The molecule has 1 fully saturated rings. The van der Waals surface area contributed by atoms with Crippen molar-refractivity contribution in [3.8, 4) is 0 Å². The summed E-state index contributed by atoms with van der Waals surface area (Å²) in [5.41, 5.74) is -3.12. The number of piperidine rings is 1. The zero-order valence-corrected chi connectivity index (χ0v) is 21.3. The quantitative estimate of drug-likeness (QED) is 0.449. The standard InChI is InChI=1S/C27H36N2O6/c1-8-27(33)18-13-14-29(23(32)35-25(5,6)7)21(27)19-16-11-9-10-12-17(16)28-20(19)26(18,15-30)22(31)34-24(2,3)4/h8-12,18,21,28,30,33H,1,13-15H2,2-7H3/t18-,21+,26-,27-/m1/s1. The molecule has 1 aliphatic heterocycles. The van der Waals surface area contributed by atoms with E-state index >= 15 is 0 Å². The number of nitrogens with zero attached hydrogens (tertiary/aromatic N) is 1. The van der Waals surface area contributed by atoms with Crippen molar-refractivity contribution >= 4 is 23.0 Å². The van der Waals surface area contributed by atoms with Gasteiger partial charge in [0.1, 0.15) is 22.2 Å². The van der Waals surface area contributed by atoms with Gasteiger partial charge in [-0.2, -0.15) is 0 Å². The number of amides is 1. The van der Waals surface area contributed by atoms with E-state index in [9.17, 15) is 19.8 Å². The summed E-state index contributed by atoms with van der Waals surface area (Å²) in [4.78, 5) is 32.1. The fourth-order valence-electron chi connectivity index (χ4n) is 5.71. The third-order valence-corrected chi connectivity index (χ3v) is 6.99. The number of hydrogen-bond donors (Lipinski definition) is 3. The maximum atomic E-state index is 13.9. The van der Waals surface area contributed by atoms with Crippen LogP contribution in [0.15, 0.2) is 36.9 Å². The highest BCUT2D eigenvalue weighted by molar-refractivity contribution is 5.93. The van der Waals surface area contributed by atoms with Crippen LogP contribution in [-0.2, 0) is 19.7 Å². The van der Waals surface area contributed by atoms with Crippen LogP contribution in [0.1, 0.15) is 65.3 Å². The zero-order valence-electron chi connectivity index (χ0n) is 21.3. The monoisotopic (exact) mass is 484 g/mol. The largest absolute Gasteiger partial charge is 0.459 e. The van der Waals surface area contributed by atoms with Gasteiger partial charge in [-0.05, 0) is 54.0 Å². The number of likely N-dealkylation sites (tertiary alicyclic amines) is 1. The van der Waals surface area contributed by atoms with Crippen LogP contribution >= 0.6 is 0 Å². The molecular weight excluding hydrogens is 448 g/mol. The second-order valence-corrected chi connectivity index (χ2v) is 11.6. The van der Waals surface area contributed by atoms with Crippen molar-refractivity contribution < 1.29 is 29.3 Å². The molecule has 1 saturated heterocycles. The molecule has 3 N–H and O–H groups in total. The number of carbonyl (C=O) groups excluding carboxylic acids is 2. The first kappa shape index (κ1) is 25.3. The molecule has 2 heterocycles. The number of esters is 1. The molecular formula is C27H36N2O6. The Bertz CT molecular complexity index is 1170. The summed E-state index contributed by atoms with van der Waals surface area (Å²) in [6.45, 7) is 14.2. The Balaban J connectivity index is 2.03. The van der Waals surface area contributed by atoms with E-state index in [4.69, 9.17) is 9.47 Å². The molecule has 0 radical (unpaired) electrons. The molecule has 1 aliphatic carbocycles. The van der Waals surface area contributed by atoms with Crippen molar-refractivity contribution in [1.29, 1.82) is 0 Å². The average Bonchev–Trinajstić information content (AvgIpc) is 3.11. The first-order chi connectivity index (χ1) is 16.2. The van der Waals surface area contributed by atoms with Gasteiger partial charge in [-0.15, -0.1) is 6.58 Å². The molecule has 2 bridgehead atoms. The molecule has 0 saturated carbocycles. The number of ether oxygens (including phenoxy) is 2. The van der Waals surface area contributed by atoms with Crippen LogP contribution in [-0.4, -0.2) is 62.1 Å². The summed E-state index contributed by atoms with van der Waals surface area (Å²) >= 11 is 0. The van der Waals surface area contributed by atoms with Gasteiger partial charge in [0.05, 0.1) is 12.6 Å². The third-order valence-electron chi connectivity index (χ3n) is 6.99. The van der Waals surface area contributed by atoms with Gasteiger partial charge in [-0.1, -0.05) is 24.3 Å². The number of aliphatic hydroxyl groups excluding tert-OH is 1. The van der Waals surface area contributed by atoms with Gasteiger partial charge >= 0.3 is 12.1 Å². The predicted molar refractivity (Wildman–Crippen MR) is 132 cm³/mol. The average molecular weight is 485 g/mol. The molecule has 8 nitrogen and oxygen atoms in total. The van der Waals surface area contributed by atoms with Crippen molar-refractivity contribution in [2.75, 3.05) is 13.2 Å². The number of H-pyrrole nitrogens is 1. The van der Waals surface area contributed by atoms with Crippen molar-refractivity contribution in [2.45, 2.75) is 76.2 Å². The fraction of sp³-hybridized carbons (Fsp3) is 0.556. The van der Waals surface area contributed by atoms with Crippen LogP contribution in [0.25, 0.3) is 10.9 Å². The van der Waals surface area contributed by atoms with Crippen molar-refractivity contribution in [1.82, 2.24) is 9.88 Å². The van der Waals surface area contributed by atoms with Gasteiger partial charge in [-0.25, -0.2) is 4.79 Å². The lowest BCUT2D eigenvalue weighted by Gasteiger charge is -2.58. The number of nitrogens with one attached hydrogen (secondary N) is 1. The number of aliphatic hydroxyl groups is 2. The molecule has 8 heteroatoms. The van der Waals surface area contributed by atoms with Crippen LogP contribution in [0.4, 0.5) is 4.79 Å². The molecule has 35 heavy (non-hydrogen) atoms. The molecule has 190 valence electrons. The molecule has 4 rings (SSSR count). The second kappa shape index (κ2) is 8.10. The van der Waals surface area contributed by atoms with Crippen molar-refractivity contribution in [3.63, 3.8) is 0 Å². The van der Waals surface area contributed by atoms with E-state index in [2.05, 4.69) is 11.6 Å². The van der Waals surface area contributed by atoms with E-state index in [1.807, 2.05) is 24.3 Å². The topological polar surface area (TPSA) is 112 Å². The minimum absolute atomic E-state index is 0.226. The number of carbonyl (C=O) groups is 2. The summed E-state index contributed by atoms with van der Waals surface area (Å²) in [6, 6.07) is 6.56. The maximum absolute atomic E-state index is 13.9. The third kappa shape index (κ3) is 3.83. The van der Waals surface area contributed by atoms with Crippen LogP contribution in [0.5, 0.6) is 0 Å². The van der Waals surface area contributed by atoms with E-state index < -0.39 is 52.8 Å². The molecule has 2 aromatic rings. The fourth-order valence-corrected chi connectivity index (χ4v) is 5.71. The SMILES string of the molecule is C=C[C@]1(O)[C@@H]2c3c([nH]c4ccccc34)[C@](CO)(C(=O)OC(C)(C)C)[C@H]1CCN2C(=O)OC(C)(C)C. The number of rotatable bonds is 3. The summed E-state index contributed by atoms with van der Waals surface area (Å²) in [7, 11) is 0. The Labute approximate surface area is 205 Å². The van der Waals surface area contributed by atoms with Crippen LogP contribution in [0.2, 0.25) is 0 Å². The number of hydrogen-bond acceptors (Lipinski definition) is 6. The Morgan fingerprint density at radius 3 is 2.37 bits per heavy atom. The Kier molecular flexibility index (Phi) is 5.84. The van der Waals surface area contributed by atoms with Crippen LogP contribution < -0.4 is 0 Å². The highest BCUT2D eigenvalue weighted by Crippen LogP contribution is 2.59. The molecule has 1 amide bonds. The Hall–Kier alpha value is -2.84. The van der Waals surface area contributed by atoms with Crippen LogP contribution in [0, 0.1) is 5.92 Å². The number of fused-ring (bicyclic) bond motifs is 6. The first-order valence-electron chi connectivity index (χ1n) is 12.0. The van der Waals surface area contributed by atoms with E-state index in [1.54, 1.807) is 41.5 Å². The Morgan fingerprint density at radius 2 is 1.80 bits per heavy atom. The lowest BCUT2D eigenvalue weighted by atomic mass is 9.54. The molecule has 0 unspecified atom stereocenters. The second-order valence-electron chi connectivity index (χ2n) is 11.6. The highest BCUT2D eigenvalue weighted by atomic mass is 16.6. The first-order valence-corrected chi connectivity index (χ1v) is 12.0. The highest BCUT2D eigenvalue weighted by Gasteiger charge is 2.67. The van der Waals surface area contributed by atoms with E-state index in [-0.39, 0.29) is 13.0 Å².